The molecule has 3 N–H and O–H groups in total. The van der Waals surface area contributed by atoms with Crippen molar-refractivity contribution in [3.63, 3.8) is 0 Å². The van der Waals surface area contributed by atoms with Crippen LogP contribution in [0.1, 0.15) is 16.6 Å². The normalized spacial score (nSPS) is 17.2. The Balaban J connectivity index is 1.39. The number of hydrogen-bond acceptors (Lipinski definition) is 8. The van der Waals surface area contributed by atoms with E-state index < -0.39 is 18.8 Å². The molecule has 2 aliphatic heterocycles. The maximum absolute atomic E-state index is 12.3. The highest BCUT2D eigenvalue weighted by atomic mass is 32.1. The molecule has 0 bridgehead atoms. The number of aromatic nitrogens is 2. The highest BCUT2D eigenvalue weighted by Gasteiger charge is 2.30. The van der Waals surface area contributed by atoms with Crippen LogP contribution in [-0.2, 0) is 4.74 Å². The van der Waals surface area contributed by atoms with Gasteiger partial charge in [0.05, 0.1) is 19.2 Å². The molecule has 0 spiro atoms. The fourth-order valence-corrected chi connectivity index (χ4v) is 4.17. The molecule has 1 aromatic carbocycles. The number of nitrogens with zero attached hydrogens (tertiary/aromatic N) is 4. The van der Waals surface area contributed by atoms with Gasteiger partial charge in [0.15, 0.2) is 0 Å². The summed E-state index contributed by atoms with van der Waals surface area (Å²) in [7, 11) is 1.63. The molecule has 1 aromatic heterocycles. The first-order valence-corrected chi connectivity index (χ1v) is 11.1. The van der Waals surface area contributed by atoms with Gasteiger partial charge in [-0.25, -0.2) is 4.79 Å². The monoisotopic (exact) mass is 493 g/mol. The third-order valence-corrected chi connectivity index (χ3v) is 5.89. The van der Waals surface area contributed by atoms with Crippen LogP contribution >= 0.6 is 11.3 Å². The van der Waals surface area contributed by atoms with Gasteiger partial charge < -0.3 is 25.6 Å². The quantitative estimate of drug-likeness (QED) is 0.485. The van der Waals surface area contributed by atoms with Crippen LogP contribution in [0.2, 0.25) is 0 Å². The molecule has 13 heteroatoms. The Hall–Kier alpha value is -3.45. The molecule has 0 saturated carbocycles. The number of urea groups is 1. The number of methoxy groups -OCH3 is 1. The van der Waals surface area contributed by atoms with E-state index in [0.29, 0.717) is 30.5 Å². The number of anilines is 2. The number of nitrogens with one attached hydrogen (secondary N) is 3. The summed E-state index contributed by atoms with van der Waals surface area (Å²) in [6.45, 7) is 0.303. The van der Waals surface area contributed by atoms with E-state index in [-0.39, 0.29) is 6.04 Å². The van der Waals surface area contributed by atoms with E-state index in [9.17, 15) is 18.0 Å². The predicted octanol–water partition coefficient (Wildman–Crippen LogP) is 3.65. The Bertz CT molecular complexity index is 1130. The molecular formula is C21H22F3N7O2S. The zero-order valence-electron chi connectivity index (χ0n) is 18.1. The van der Waals surface area contributed by atoms with Gasteiger partial charge in [0, 0.05) is 31.1 Å². The molecule has 3 heterocycles. The molecule has 0 fully saturated rings. The van der Waals surface area contributed by atoms with E-state index in [2.05, 4.69) is 25.8 Å². The first kappa shape index (κ1) is 23.7. The van der Waals surface area contributed by atoms with E-state index in [1.54, 1.807) is 30.6 Å². The first-order chi connectivity index (χ1) is 16.3. The van der Waals surface area contributed by atoms with Crippen molar-refractivity contribution in [2.24, 2.45) is 4.99 Å². The number of aliphatic imine (C=N–C) groups is 1. The van der Waals surface area contributed by atoms with Crippen molar-refractivity contribution < 1.29 is 22.7 Å². The van der Waals surface area contributed by atoms with Gasteiger partial charge in [0.25, 0.3) is 0 Å². The minimum Gasteiger partial charge on any atom is -0.383 e. The fourth-order valence-electron chi connectivity index (χ4n) is 3.41. The van der Waals surface area contributed by atoms with Crippen LogP contribution in [0.15, 0.2) is 47.6 Å². The Labute approximate surface area is 197 Å². The lowest BCUT2D eigenvalue weighted by atomic mass is 10.0. The number of hydrogen-bond donors (Lipinski definition) is 3. The van der Waals surface area contributed by atoms with Gasteiger partial charge in [-0.15, -0.1) is 10.2 Å². The number of benzene rings is 1. The molecule has 34 heavy (non-hydrogen) atoms. The van der Waals surface area contributed by atoms with Crippen molar-refractivity contribution in [2.45, 2.75) is 12.2 Å². The number of allylic oxidation sites excluding steroid dienone is 2. The van der Waals surface area contributed by atoms with Crippen LogP contribution in [0.3, 0.4) is 0 Å². The van der Waals surface area contributed by atoms with Crippen molar-refractivity contribution in [3.05, 3.63) is 53.2 Å². The molecule has 1 atom stereocenters. The number of amides is 2. The highest BCUT2D eigenvalue weighted by molar-refractivity contribution is 7.16. The number of amidine groups is 1. The van der Waals surface area contributed by atoms with Gasteiger partial charge >= 0.3 is 12.2 Å². The summed E-state index contributed by atoms with van der Waals surface area (Å²) in [5.74, 6) is 0.771. The van der Waals surface area contributed by atoms with Crippen LogP contribution in [0.5, 0.6) is 0 Å². The lowest BCUT2D eigenvalue weighted by Gasteiger charge is -2.26. The number of ether oxygens (including phenoxy) is 1. The van der Waals surface area contributed by atoms with Crippen LogP contribution in [-0.4, -0.2) is 66.5 Å². The molecule has 2 aliphatic rings. The van der Waals surface area contributed by atoms with Gasteiger partial charge in [0.1, 0.15) is 17.4 Å². The average Bonchev–Trinajstić information content (AvgIpc) is 3.44. The van der Waals surface area contributed by atoms with Crippen molar-refractivity contribution in [2.75, 3.05) is 44.0 Å². The summed E-state index contributed by atoms with van der Waals surface area (Å²) in [6, 6.07) is 5.94. The van der Waals surface area contributed by atoms with Crippen LogP contribution in [0.25, 0.3) is 5.57 Å². The molecule has 0 saturated heterocycles. The number of rotatable bonds is 8. The van der Waals surface area contributed by atoms with Crippen LogP contribution < -0.4 is 16.0 Å². The third kappa shape index (κ3) is 5.91. The molecule has 0 aliphatic carbocycles. The average molecular weight is 494 g/mol. The third-order valence-electron chi connectivity index (χ3n) is 4.96. The van der Waals surface area contributed by atoms with Gasteiger partial charge in [0.2, 0.25) is 5.13 Å². The summed E-state index contributed by atoms with van der Waals surface area (Å²) >= 11 is 1.44. The van der Waals surface area contributed by atoms with Crippen molar-refractivity contribution >= 4 is 39.6 Å². The van der Waals surface area contributed by atoms with E-state index >= 15 is 0 Å². The second-order valence-corrected chi connectivity index (χ2v) is 8.40. The molecule has 9 nitrogen and oxygen atoms in total. The maximum atomic E-state index is 12.3. The van der Waals surface area contributed by atoms with E-state index in [1.807, 2.05) is 29.3 Å². The minimum absolute atomic E-state index is 0.107. The molecular weight excluding hydrogens is 471 g/mol. The van der Waals surface area contributed by atoms with E-state index in [4.69, 9.17) is 4.74 Å². The molecule has 4 rings (SSSR count). The van der Waals surface area contributed by atoms with Crippen molar-refractivity contribution in [3.8, 4) is 0 Å². The van der Waals surface area contributed by atoms with Gasteiger partial charge in [-0.05, 0) is 29.8 Å². The second kappa shape index (κ2) is 10.2. The lowest BCUT2D eigenvalue weighted by Crippen LogP contribution is -2.36. The Morgan fingerprint density at radius 1 is 1.32 bits per heavy atom. The van der Waals surface area contributed by atoms with Crippen LogP contribution in [0.4, 0.5) is 28.8 Å². The number of fused-ring (bicyclic) bond motifs is 1. The SMILES string of the molecule is COCCNc1nnc(C2=CC3=NCC(c4cccc(NC(=O)NCC(F)(F)F)c4)N3C=C2)s1. The van der Waals surface area contributed by atoms with E-state index in [0.717, 1.165) is 22.0 Å². The van der Waals surface area contributed by atoms with Crippen LogP contribution in [0, 0.1) is 0 Å². The summed E-state index contributed by atoms with van der Waals surface area (Å²) in [5.41, 5.74) is 2.16. The van der Waals surface area contributed by atoms with Crippen molar-refractivity contribution in [1.82, 2.24) is 20.4 Å². The van der Waals surface area contributed by atoms with Gasteiger partial charge in [-0.3, -0.25) is 4.99 Å². The summed E-state index contributed by atoms with van der Waals surface area (Å²) in [4.78, 5) is 18.4. The number of carbonyl (C=O) groups is 1. The molecule has 180 valence electrons. The van der Waals surface area contributed by atoms with Gasteiger partial charge in [-0.1, -0.05) is 23.5 Å². The predicted molar refractivity (Wildman–Crippen MR) is 124 cm³/mol. The molecule has 2 aromatic rings. The largest absolute Gasteiger partial charge is 0.405 e. The number of carbonyl (C=O) groups excluding carboxylic acids is 1. The minimum atomic E-state index is -4.47. The van der Waals surface area contributed by atoms with E-state index in [1.165, 1.54) is 11.3 Å². The Morgan fingerprint density at radius 3 is 2.97 bits per heavy atom. The molecule has 2 amide bonds. The summed E-state index contributed by atoms with van der Waals surface area (Å²) in [5, 5.41) is 17.2. The Kier molecular flexibility index (Phi) is 7.12. The molecule has 0 radical (unpaired) electrons. The Morgan fingerprint density at radius 2 is 2.18 bits per heavy atom. The standard InChI is InChI=1S/C21H22F3N7O2S/c1-33-8-6-25-20-30-29-18(34-20)14-5-7-31-16(11-26-17(31)10-14)13-3-2-4-15(9-13)28-19(32)27-12-21(22,23)24/h2-5,7,9-10,16H,6,8,11-12H2,1H3,(H,25,30)(H2,27,28,32). The summed E-state index contributed by atoms with van der Waals surface area (Å²) < 4.78 is 41.9. The fraction of sp³-hybridized carbons (Fsp3) is 0.333. The second-order valence-electron chi connectivity index (χ2n) is 7.42. The van der Waals surface area contributed by atoms with Gasteiger partial charge in [-0.2, -0.15) is 13.2 Å². The molecule has 1 unspecified atom stereocenters. The topological polar surface area (TPSA) is 104 Å². The first-order valence-electron chi connectivity index (χ1n) is 10.3. The lowest BCUT2D eigenvalue weighted by molar-refractivity contribution is -0.122. The van der Waals surface area contributed by atoms with Crippen molar-refractivity contribution in [1.29, 1.82) is 0 Å². The zero-order valence-corrected chi connectivity index (χ0v) is 18.9. The number of alkyl halides is 3. The number of halogens is 3. The smallest absolute Gasteiger partial charge is 0.383 e. The summed E-state index contributed by atoms with van der Waals surface area (Å²) in [6.07, 6.45) is 1.32. The zero-order chi connectivity index (χ0) is 24.1. The maximum Gasteiger partial charge on any atom is 0.405 e. The highest BCUT2D eigenvalue weighted by Crippen LogP contribution is 2.34.